The summed E-state index contributed by atoms with van der Waals surface area (Å²) in [6, 6.07) is 8.42. The van der Waals surface area contributed by atoms with Gasteiger partial charge in [0, 0.05) is 11.5 Å². The highest BCUT2D eigenvalue weighted by molar-refractivity contribution is 9.10. The van der Waals surface area contributed by atoms with E-state index in [1.807, 2.05) is 6.07 Å². The van der Waals surface area contributed by atoms with E-state index < -0.39 is 0 Å². The summed E-state index contributed by atoms with van der Waals surface area (Å²) in [7, 11) is 1.79. The molecule has 3 N–H and O–H groups in total. The zero-order chi connectivity index (χ0) is 12.5. The van der Waals surface area contributed by atoms with Crippen LogP contribution in [0.1, 0.15) is 25.3 Å². The molecule has 0 heterocycles. The van der Waals surface area contributed by atoms with Crippen molar-refractivity contribution in [3.05, 3.63) is 34.3 Å². The minimum Gasteiger partial charge on any atom is -0.312 e. The molecule has 1 saturated carbocycles. The normalized spacial score (nSPS) is 28.7. The Balaban J connectivity index is 2.42. The van der Waals surface area contributed by atoms with Crippen LogP contribution in [0.2, 0.25) is 0 Å². The molecule has 0 aromatic heterocycles. The molecule has 0 radical (unpaired) electrons. The van der Waals surface area contributed by atoms with Crippen molar-refractivity contribution in [3.63, 3.8) is 0 Å². The van der Waals surface area contributed by atoms with E-state index in [0.29, 0.717) is 0 Å². The van der Waals surface area contributed by atoms with Gasteiger partial charge in [0.25, 0.3) is 0 Å². The highest BCUT2D eigenvalue weighted by atomic mass is 79.9. The van der Waals surface area contributed by atoms with Gasteiger partial charge in [0.2, 0.25) is 0 Å². The lowest BCUT2D eigenvalue weighted by Crippen LogP contribution is -2.54. The molecular formula is C13H18BrN3. The maximum atomic E-state index is 5.61. The number of hydrazine groups is 1. The summed E-state index contributed by atoms with van der Waals surface area (Å²) in [5.41, 5.74) is 4.03. The number of halogens is 1. The molecule has 1 fully saturated rings. The molecule has 17 heavy (non-hydrogen) atoms. The van der Waals surface area contributed by atoms with Gasteiger partial charge in [0.15, 0.2) is 0 Å². The standard InChI is InChI=1S/C13H18BrN3/c1-9-7-13(8-9,12(16-2)17-15)10-4-3-5-11(14)6-10/h3-6,9H,7-8,15H2,1-2H3,(H,16,17). The van der Waals surface area contributed by atoms with Gasteiger partial charge >= 0.3 is 0 Å². The second-order valence-corrected chi connectivity index (χ2v) is 5.74. The average Bonchev–Trinajstić information content (AvgIpc) is 2.27. The van der Waals surface area contributed by atoms with Gasteiger partial charge in [-0.05, 0) is 36.5 Å². The smallest absolute Gasteiger partial charge is 0.121 e. The summed E-state index contributed by atoms with van der Waals surface area (Å²) in [6.07, 6.45) is 2.20. The molecule has 1 aliphatic rings. The van der Waals surface area contributed by atoms with Crippen LogP contribution in [-0.4, -0.2) is 12.9 Å². The van der Waals surface area contributed by atoms with Gasteiger partial charge in [0.1, 0.15) is 5.84 Å². The van der Waals surface area contributed by atoms with Gasteiger partial charge in [-0.3, -0.25) is 4.99 Å². The van der Waals surface area contributed by atoms with Gasteiger partial charge in [-0.25, -0.2) is 5.84 Å². The summed E-state index contributed by atoms with van der Waals surface area (Å²) < 4.78 is 1.10. The first-order valence-electron chi connectivity index (χ1n) is 5.82. The van der Waals surface area contributed by atoms with Crippen LogP contribution in [0.5, 0.6) is 0 Å². The number of nitrogens with one attached hydrogen (secondary N) is 1. The third kappa shape index (κ3) is 2.11. The maximum Gasteiger partial charge on any atom is 0.121 e. The van der Waals surface area contributed by atoms with Gasteiger partial charge in [-0.2, -0.15) is 0 Å². The lowest BCUT2D eigenvalue weighted by atomic mass is 9.58. The Kier molecular flexibility index (Phi) is 3.54. The molecular weight excluding hydrogens is 278 g/mol. The van der Waals surface area contributed by atoms with E-state index in [4.69, 9.17) is 5.84 Å². The van der Waals surface area contributed by atoms with E-state index in [0.717, 1.165) is 29.1 Å². The molecule has 0 saturated heterocycles. The van der Waals surface area contributed by atoms with Crippen molar-refractivity contribution in [2.45, 2.75) is 25.2 Å². The minimum absolute atomic E-state index is 0.0211. The molecule has 2 rings (SSSR count). The third-order valence-electron chi connectivity index (χ3n) is 3.58. The van der Waals surface area contributed by atoms with E-state index in [-0.39, 0.29) is 5.41 Å². The summed E-state index contributed by atoms with van der Waals surface area (Å²) in [5.74, 6) is 7.21. The summed E-state index contributed by atoms with van der Waals surface area (Å²) in [6.45, 7) is 2.26. The van der Waals surface area contributed by atoms with Crippen LogP contribution in [0, 0.1) is 5.92 Å². The lowest BCUT2D eigenvalue weighted by molar-refractivity contribution is 0.224. The fraction of sp³-hybridized carbons (Fsp3) is 0.462. The summed E-state index contributed by atoms with van der Waals surface area (Å²) >= 11 is 3.52. The molecule has 4 heteroatoms. The summed E-state index contributed by atoms with van der Waals surface area (Å²) in [5, 5.41) is 0. The van der Waals surface area contributed by atoms with E-state index in [1.165, 1.54) is 5.56 Å². The van der Waals surface area contributed by atoms with Crippen molar-refractivity contribution >= 4 is 21.8 Å². The van der Waals surface area contributed by atoms with Crippen molar-refractivity contribution < 1.29 is 0 Å². The van der Waals surface area contributed by atoms with Gasteiger partial charge < -0.3 is 5.43 Å². The van der Waals surface area contributed by atoms with E-state index in [9.17, 15) is 0 Å². The van der Waals surface area contributed by atoms with Crippen molar-refractivity contribution in [3.8, 4) is 0 Å². The van der Waals surface area contributed by atoms with Crippen LogP contribution < -0.4 is 11.3 Å². The van der Waals surface area contributed by atoms with Crippen LogP contribution in [0.4, 0.5) is 0 Å². The van der Waals surface area contributed by atoms with Crippen LogP contribution in [0.15, 0.2) is 33.7 Å². The summed E-state index contributed by atoms with van der Waals surface area (Å²) in [4.78, 5) is 4.31. The molecule has 0 unspecified atom stereocenters. The fourth-order valence-corrected chi connectivity index (χ4v) is 3.30. The number of hydrogen-bond acceptors (Lipinski definition) is 2. The largest absolute Gasteiger partial charge is 0.312 e. The Morgan fingerprint density at radius 2 is 2.24 bits per heavy atom. The maximum absolute atomic E-state index is 5.61. The topological polar surface area (TPSA) is 50.4 Å². The molecule has 1 aromatic carbocycles. The monoisotopic (exact) mass is 295 g/mol. The number of nitrogens with zero attached hydrogens (tertiary/aromatic N) is 1. The Labute approximate surface area is 111 Å². The minimum atomic E-state index is -0.0211. The van der Waals surface area contributed by atoms with E-state index >= 15 is 0 Å². The van der Waals surface area contributed by atoms with Crippen LogP contribution in [0.3, 0.4) is 0 Å². The van der Waals surface area contributed by atoms with Gasteiger partial charge in [-0.15, -0.1) is 0 Å². The fourth-order valence-electron chi connectivity index (χ4n) is 2.90. The predicted octanol–water partition coefficient (Wildman–Crippen LogP) is 2.61. The molecule has 0 bridgehead atoms. The number of benzene rings is 1. The highest BCUT2D eigenvalue weighted by Crippen LogP contribution is 2.48. The van der Waals surface area contributed by atoms with E-state index in [1.54, 1.807) is 7.05 Å². The first-order valence-corrected chi connectivity index (χ1v) is 6.61. The highest BCUT2D eigenvalue weighted by Gasteiger charge is 2.47. The number of rotatable bonds is 2. The zero-order valence-corrected chi connectivity index (χ0v) is 11.8. The van der Waals surface area contributed by atoms with E-state index in [2.05, 4.69) is 51.5 Å². The second-order valence-electron chi connectivity index (χ2n) is 4.82. The van der Waals surface area contributed by atoms with Crippen LogP contribution in [0.25, 0.3) is 0 Å². The van der Waals surface area contributed by atoms with Crippen LogP contribution >= 0.6 is 15.9 Å². The second kappa shape index (κ2) is 4.78. The van der Waals surface area contributed by atoms with Crippen molar-refractivity contribution in [2.75, 3.05) is 7.05 Å². The zero-order valence-electron chi connectivity index (χ0n) is 10.2. The first-order chi connectivity index (χ1) is 8.12. The number of amidine groups is 1. The number of hydrogen-bond donors (Lipinski definition) is 2. The first kappa shape index (κ1) is 12.6. The lowest BCUT2D eigenvalue weighted by Gasteiger charge is -2.47. The average molecular weight is 296 g/mol. The van der Waals surface area contributed by atoms with Gasteiger partial charge in [-0.1, -0.05) is 35.0 Å². The molecule has 3 nitrogen and oxygen atoms in total. The molecule has 1 aliphatic carbocycles. The quantitative estimate of drug-likeness (QED) is 0.381. The predicted molar refractivity (Wildman–Crippen MR) is 74.9 cm³/mol. The van der Waals surface area contributed by atoms with Crippen molar-refractivity contribution in [1.82, 2.24) is 5.43 Å². The molecule has 92 valence electrons. The molecule has 1 aromatic rings. The number of aliphatic imine (C=N–C) groups is 1. The molecule has 0 amide bonds. The molecule has 0 aliphatic heterocycles. The Morgan fingerprint density at radius 3 is 2.71 bits per heavy atom. The van der Waals surface area contributed by atoms with Gasteiger partial charge in [0.05, 0.1) is 5.41 Å². The Bertz CT molecular complexity index is 436. The molecule has 0 atom stereocenters. The van der Waals surface area contributed by atoms with Crippen molar-refractivity contribution in [1.29, 1.82) is 0 Å². The molecule has 0 spiro atoms. The Hall–Kier alpha value is -0.870. The van der Waals surface area contributed by atoms with Crippen LogP contribution in [-0.2, 0) is 5.41 Å². The SMILES string of the molecule is CN=C(NN)C1(c2cccc(Br)c2)CC(C)C1. The van der Waals surface area contributed by atoms with Crippen molar-refractivity contribution in [2.24, 2.45) is 16.8 Å². The number of nitrogens with two attached hydrogens (primary N) is 1. The third-order valence-corrected chi connectivity index (χ3v) is 4.08. The Morgan fingerprint density at radius 1 is 1.53 bits per heavy atom.